The van der Waals surface area contributed by atoms with E-state index in [-0.39, 0.29) is 31.0 Å². The molecule has 1 saturated carbocycles. The quantitative estimate of drug-likeness (QED) is 0.724. The number of nitrogens with zero attached hydrogens (tertiary/aromatic N) is 1. The summed E-state index contributed by atoms with van der Waals surface area (Å²) >= 11 is 0. The van der Waals surface area contributed by atoms with Crippen molar-refractivity contribution < 1.29 is 23.9 Å². The molecule has 31 heavy (non-hydrogen) atoms. The number of carbonyl (C=O) groups is 3. The van der Waals surface area contributed by atoms with Crippen LogP contribution in [-0.2, 0) is 19.1 Å². The van der Waals surface area contributed by atoms with Crippen LogP contribution in [0.4, 0.5) is 5.69 Å². The maximum atomic E-state index is 12.9. The monoisotopic (exact) mass is 422 g/mol. The summed E-state index contributed by atoms with van der Waals surface area (Å²) in [6.45, 7) is 1.46. The van der Waals surface area contributed by atoms with Gasteiger partial charge in [-0.05, 0) is 37.5 Å². The fraction of sp³-hybridized carbons (Fsp3) is 0.375. The molecule has 1 aliphatic carbocycles. The number of esters is 1. The first-order valence-electron chi connectivity index (χ1n) is 10.6. The van der Waals surface area contributed by atoms with Gasteiger partial charge in [0.05, 0.1) is 5.69 Å². The lowest BCUT2D eigenvalue weighted by Gasteiger charge is -2.29. The van der Waals surface area contributed by atoms with E-state index in [0.717, 1.165) is 31.2 Å². The van der Waals surface area contributed by atoms with E-state index in [4.69, 9.17) is 9.47 Å². The SMILES string of the molecule is Cc1ccc2c(c1)N(CC(=O)OC(C(=O)NC1CCCC1)c1ccccc1)C(=O)CO2. The minimum absolute atomic E-state index is 0.105. The Balaban J connectivity index is 1.50. The Bertz CT molecular complexity index is 969. The first-order valence-corrected chi connectivity index (χ1v) is 10.6. The van der Waals surface area contributed by atoms with Crippen LogP contribution in [-0.4, -0.2) is 37.0 Å². The number of anilines is 1. The van der Waals surface area contributed by atoms with Gasteiger partial charge in [0.2, 0.25) is 6.10 Å². The zero-order chi connectivity index (χ0) is 21.8. The van der Waals surface area contributed by atoms with E-state index in [1.54, 1.807) is 36.4 Å². The predicted molar refractivity (Wildman–Crippen MR) is 115 cm³/mol. The summed E-state index contributed by atoms with van der Waals surface area (Å²) in [6.07, 6.45) is 2.96. The lowest BCUT2D eigenvalue weighted by molar-refractivity contribution is -0.155. The van der Waals surface area contributed by atoms with Crippen LogP contribution >= 0.6 is 0 Å². The zero-order valence-electron chi connectivity index (χ0n) is 17.5. The van der Waals surface area contributed by atoms with Crippen LogP contribution in [0.15, 0.2) is 48.5 Å². The lowest BCUT2D eigenvalue weighted by atomic mass is 10.1. The van der Waals surface area contributed by atoms with Crippen molar-refractivity contribution in [1.29, 1.82) is 0 Å². The van der Waals surface area contributed by atoms with Gasteiger partial charge >= 0.3 is 5.97 Å². The van der Waals surface area contributed by atoms with E-state index in [1.165, 1.54) is 4.90 Å². The van der Waals surface area contributed by atoms with Crippen molar-refractivity contribution in [2.45, 2.75) is 44.8 Å². The highest BCUT2D eigenvalue weighted by molar-refractivity contribution is 6.01. The normalized spacial score (nSPS) is 16.9. The second kappa shape index (κ2) is 9.20. The molecule has 0 saturated heterocycles. The molecule has 1 atom stereocenters. The highest BCUT2D eigenvalue weighted by atomic mass is 16.5. The van der Waals surface area contributed by atoms with Gasteiger partial charge in [0, 0.05) is 11.6 Å². The van der Waals surface area contributed by atoms with Crippen LogP contribution in [0, 0.1) is 6.92 Å². The molecule has 1 heterocycles. The molecule has 7 nitrogen and oxygen atoms in total. The van der Waals surface area contributed by atoms with E-state index < -0.39 is 12.1 Å². The summed E-state index contributed by atoms with van der Waals surface area (Å²) in [5.74, 6) is -0.785. The minimum Gasteiger partial charge on any atom is -0.482 e. The van der Waals surface area contributed by atoms with Crippen molar-refractivity contribution in [2.75, 3.05) is 18.1 Å². The Morgan fingerprint density at radius 2 is 1.90 bits per heavy atom. The molecule has 7 heteroatoms. The van der Waals surface area contributed by atoms with E-state index in [1.807, 2.05) is 19.1 Å². The smallest absolute Gasteiger partial charge is 0.327 e. The van der Waals surface area contributed by atoms with E-state index in [0.29, 0.717) is 17.0 Å². The molecule has 1 fully saturated rings. The molecule has 0 radical (unpaired) electrons. The second-order valence-corrected chi connectivity index (χ2v) is 8.01. The largest absolute Gasteiger partial charge is 0.482 e. The molecular formula is C24H26N2O5. The van der Waals surface area contributed by atoms with Crippen molar-refractivity contribution in [1.82, 2.24) is 5.32 Å². The zero-order valence-corrected chi connectivity index (χ0v) is 17.5. The topological polar surface area (TPSA) is 84.9 Å². The second-order valence-electron chi connectivity index (χ2n) is 8.01. The molecule has 0 bridgehead atoms. The van der Waals surface area contributed by atoms with Crippen molar-refractivity contribution in [3.8, 4) is 5.75 Å². The first kappa shape index (κ1) is 20.9. The molecule has 2 amide bonds. The Morgan fingerprint density at radius 1 is 1.16 bits per heavy atom. The molecule has 2 aromatic carbocycles. The Labute approximate surface area is 181 Å². The Hall–Kier alpha value is -3.35. The summed E-state index contributed by atoms with van der Waals surface area (Å²) in [4.78, 5) is 39.6. The number of carbonyl (C=O) groups excluding carboxylic acids is 3. The fourth-order valence-corrected chi connectivity index (χ4v) is 4.03. The van der Waals surface area contributed by atoms with E-state index in [9.17, 15) is 14.4 Å². The van der Waals surface area contributed by atoms with Crippen molar-refractivity contribution in [3.63, 3.8) is 0 Å². The highest BCUT2D eigenvalue weighted by Crippen LogP contribution is 2.33. The number of aryl methyl sites for hydroxylation is 1. The average molecular weight is 422 g/mol. The van der Waals surface area contributed by atoms with Crippen molar-refractivity contribution in [2.24, 2.45) is 0 Å². The van der Waals surface area contributed by atoms with Crippen LogP contribution in [0.3, 0.4) is 0 Å². The Kier molecular flexibility index (Phi) is 6.21. The number of fused-ring (bicyclic) bond motifs is 1. The van der Waals surface area contributed by atoms with E-state index >= 15 is 0 Å². The number of rotatable bonds is 6. The molecule has 2 aromatic rings. The van der Waals surface area contributed by atoms with Crippen LogP contribution in [0.5, 0.6) is 5.75 Å². The number of hydrogen-bond acceptors (Lipinski definition) is 5. The fourth-order valence-electron chi connectivity index (χ4n) is 4.03. The summed E-state index contributed by atoms with van der Waals surface area (Å²) in [5.41, 5.74) is 2.06. The molecule has 1 N–H and O–H groups in total. The molecule has 4 rings (SSSR count). The lowest BCUT2D eigenvalue weighted by Crippen LogP contribution is -2.44. The van der Waals surface area contributed by atoms with E-state index in [2.05, 4.69) is 5.32 Å². The third kappa shape index (κ3) is 4.87. The minimum atomic E-state index is -1.07. The molecule has 0 spiro atoms. The summed E-state index contributed by atoms with van der Waals surface area (Å²) in [5, 5.41) is 3.00. The van der Waals surface area contributed by atoms with Crippen LogP contribution in [0.1, 0.15) is 42.9 Å². The van der Waals surface area contributed by atoms with Crippen LogP contribution in [0.25, 0.3) is 0 Å². The van der Waals surface area contributed by atoms with Crippen LogP contribution in [0.2, 0.25) is 0 Å². The summed E-state index contributed by atoms with van der Waals surface area (Å²) in [7, 11) is 0. The number of amides is 2. The number of hydrogen-bond donors (Lipinski definition) is 1. The maximum absolute atomic E-state index is 12.9. The molecule has 1 aliphatic heterocycles. The van der Waals surface area contributed by atoms with Gasteiger partial charge in [0.25, 0.3) is 11.8 Å². The number of ether oxygens (including phenoxy) is 2. The van der Waals surface area contributed by atoms with Gasteiger partial charge in [-0.15, -0.1) is 0 Å². The van der Waals surface area contributed by atoms with Crippen LogP contribution < -0.4 is 15.0 Å². The molecule has 0 aromatic heterocycles. The van der Waals surface area contributed by atoms with Crippen molar-refractivity contribution >= 4 is 23.5 Å². The first-order chi connectivity index (χ1) is 15.0. The maximum Gasteiger partial charge on any atom is 0.327 e. The average Bonchev–Trinajstić information content (AvgIpc) is 3.27. The number of nitrogens with one attached hydrogen (secondary N) is 1. The molecule has 162 valence electrons. The van der Waals surface area contributed by atoms with Gasteiger partial charge in [-0.2, -0.15) is 0 Å². The third-order valence-corrected chi connectivity index (χ3v) is 5.64. The Morgan fingerprint density at radius 3 is 2.65 bits per heavy atom. The summed E-state index contributed by atoms with van der Waals surface area (Å²) in [6, 6.07) is 14.5. The number of benzene rings is 2. The van der Waals surface area contributed by atoms with Gasteiger partial charge in [-0.3, -0.25) is 19.3 Å². The van der Waals surface area contributed by atoms with Gasteiger partial charge in [-0.1, -0.05) is 49.2 Å². The molecule has 2 aliphatic rings. The van der Waals surface area contributed by atoms with Gasteiger partial charge in [0.15, 0.2) is 6.61 Å². The molecular weight excluding hydrogens is 396 g/mol. The highest BCUT2D eigenvalue weighted by Gasteiger charge is 2.32. The predicted octanol–water partition coefficient (Wildman–Crippen LogP) is 3.06. The van der Waals surface area contributed by atoms with Crippen molar-refractivity contribution in [3.05, 3.63) is 59.7 Å². The van der Waals surface area contributed by atoms with Gasteiger partial charge in [0.1, 0.15) is 12.3 Å². The standard InChI is InChI=1S/C24H26N2O5/c1-16-11-12-20-19(13-16)26(21(27)15-30-20)14-22(28)31-23(17-7-3-2-4-8-17)24(29)25-18-9-5-6-10-18/h2-4,7-8,11-13,18,23H,5-6,9-10,14-15H2,1H3,(H,25,29). The molecule has 1 unspecified atom stereocenters. The summed E-state index contributed by atoms with van der Waals surface area (Å²) < 4.78 is 11.1. The third-order valence-electron chi connectivity index (χ3n) is 5.64. The van der Waals surface area contributed by atoms with Gasteiger partial charge in [-0.25, -0.2) is 0 Å². The van der Waals surface area contributed by atoms with Gasteiger partial charge < -0.3 is 14.8 Å².